The van der Waals surface area contributed by atoms with Gasteiger partial charge in [-0.1, -0.05) is 0 Å². The highest BCUT2D eigenvalue weighted by Crippen LogP contribution is 2.35. The number of rotatable bonds is 6. The van der Waals surface area contributed by atoms with Crippen LogP contribution >= 0.6 is 11.3 Å². The smallest absolute Gasteiger partial charge is 0.247 e. The number of nitrogens with two attached hydrogens (primary N) is 1. The lowest BCUT2D eigenvalue weighted by Gasteiger charge is -2.21. The highest BCUT2D eigenvalue weighted by atomic mass is 32.2. The molecular weight excluding hydrogens is 308 g/mol. The Hall–Kier alpha value is -1.22. The fraction of sp³-hybridized carbons (Fsp3) is 0.462. The summed E-state index contributed by atoms with van der Waals surface area (Å²) < 4.78 is 27.6. The van der Waals surface area contributed by atoms with Crippen molar-refractivity contribution in [3.63, 3.8) is 0 Å². The summed E-state index contributed by atoms with van der Waals surface area (Å²) in [5.74, 6) is 0. The maximum Gasteiger partial charge on any atom is 0.247 e. The third kappa shape index (κ3) is 2.76. The van der Waals surface area contributed by atoms with Gasteiger partial charge in [0, 0.05) is 19.1 Å². The average molecular weight is 326 g/mol. The Labute approximate surface area is 128 Å². The van der Waals surface area contributed by atoms with E-state index in [1.165, 1.54) is 0 Å². The van der Waals surface area contributed by atoms with Gasteiger partial charge in [0.25, 0.3) is 0 Å². The predicted molar refractivity (Wildman–Crippen MR) is 81.3 cm³/mol. The Bertz CT molecular complexity index is 717. The van der Waals surface area contributed by atoms with Gasteiger partial charge in [-0.05, 0) is 42.2 Å². The minimum absolute atomic E-state index is 0.0924. The number of hydrogen-bond donors (Lipinski definition) is 2. The highest BCUT2D eigenvalue weighted by molar-refractivity contribution is 7.89. The zero-order chi connectivity index (χ0) is 15.0. The first-order valence-corrected chi connectivity index (χ1v) is 9.19. The minimum Gasteiger partial charge on any atom is -0.325 e. The number of thiophene rings is 1. The van der Waals surface area contributed by atoms with E-state index in [9.17, 15) is 8.42 Å². The van der Waals surface area contributed by atoms with Crippen LogP contribution in [-0.4, -0.2) is 29.0 Å². The van der Waals surface area contributed by atoms with Gasteiger partial charge in [0.05, 0.1) is 11.4 Å². The zero-order valence-electron chi connectivity index (χ0n) is 11.7. The molecule has 0 saturated heterocycles. The van der Waals surface area contributed by atoms with E-state index >= 15 is 0 Å². The van der Waals surface area contributed by atoms with Gasteiger partial charge in [0.15, 0.2) is 0 Å². The topological polar surface area (TPSA) is 92.1 Å². The van der Waals surface area contributed by atoms with E-state index in [0.29, 0.717) is 17.9 Å². The second-order valence-corrected chi connectivity index (χ2v) is 7.85. The van der Waals surface area contributed by atoms with Crippen molar-refractivity contribution in [2.24, 2.45) is 5.73 Å². The maximum absolute atomic E-state index is 13.0. The number of sulfonamides is 1. The molecule has 114 valence electrons. The van der Waals surface area contributed by atoms with Gasteiger partial charge in [-0.15, -0.1) is 0 Å². The van der Waals surface area contributed by atoms with Gasteiger partial charge >= 0.3 is 0 Å². The summed E-state index contributed by atoms with van der Waals surface area (Å²) in [4.78, 5) is 0.243. The van der Waals surface area contributed by atoms with Crippen molar-refractivity contribution >= 4 is 21.4 Å². The van der Waals surface area contributed by atoms with Gasteiger partial charge in [0.1, 0.15) is 4.90 Å². The summed E-state index contributed by atoms with van der Waals surface area (Å²) in [6.07, 6.45) is 1.83. The Morgan fingerprint density at radius 1 is 1.52 bits per heavy atom. The lowest BCUT2D eigenvalue weighted by molar-refractivity contribution is 0.398. The van der Waals surface area contributed by atoms with E-state index in [4.69, 9.17) is 5.73 Å². The van der Waals surface area contributed by atoms with Crippen LogP contribution in [0, 0.1) is 6.92 Å². The zero-order valence-corrected chi connectivity index (χ0v) is 13.4. The van der Waals surface area contributed by atoms with E-state index < -0.39 is 10.0 Å². The van der Waals surface area contributed by atoms with Crippen molar-refractivity contribution in [1.29, 1.82) is 0 Å². The fourth-order valence-corrected chi connectivity index (χ4v) is 5.08. The number of nitrogens with one attached hydrogen (secondary N) is 1. The van der Waals surface area contributed by atoms with Crippen LogP contribution in [0.5, 0.6) is 0 Å². The predicted octanol–water partition coefficient (Wildman–Crippen LogP) is 1.59. The number of H-pyrrole nitrogens is 1. The molecule has 0 aromatic carbocycles. The number of aromatic nitrogens is 2. The van der Waals surface area contributed by atoms with Gasteiger partial charge in [-0.3, -0.25) is 5.10 Å². The normalized spacial score (nSPS) is 15.8. The number of aryl methyl sites for hydroxylation is 1. The molecule has 0 aliphatic heterocycles. The monoisotopic (exact) mass is 326 g/mol. The molecule has 1 saturated carbocycles. The summed E-state index contributed by atoms with van der Waals surface area (Å²) in [5, 5.41) is 10.7. The molecular formula is C13H18N4O2S2. The molecule has 21 heavy (non-hydrogen) atoms. The molecule has 2 heterocycles. The third-order valence-corrected chi connectivity index (χ3v) is 6.43. The molecule has 3 N–H and O–H groups in total. The van der Waals surface area contributed by atoms with Crippen molar-refractivity contribution in [1.82, 2.24) is 14.5 Å². The minimum atomic E-state index is -3.58. The Morgan fingerprint density at radius 3 is 2.86 bits per heavy atom. The Balaban J connectivity index is 1.99. The molecule has 0 radical (unpaired) electrons. The molecule has 6 nitrogen and oxygen atoms in total. The standard InChI is InChI=1S/C13H18N4O2S2/c1-9-13(12(6-14)16-15-9)21(18,19)17(11-2-3-11)7-10-4-5-20-8-10/h4-5,8,11H,2-3,6-7,14H2,1H3,(H,15,16). The SMILES string of the molecule is Cc1[nH]nc(CN)c1S(=O)(=O)N(Cc1ccsc1)C1CC1. The summed E-state index contributed by atoms with van der Waals surface area (Å²) >= 11 is 1.57. The molecule has 1 fully saturated rings. The lowest BCUT2D eigenvalue weighted by atomic mass is 10.3. The number of nitrogens with zero attached hydrogens (tertiary/aromatic N) is 2. The molecule has 0 atom stereocenters. The van der Waals surface area contributed by atoms with Crippen LogP contribution in [0.15, 0.2) is 21.7 Å². The molecule has 0 amide bonds. The van der Waals surface area contributed by atoms with Gasteiger partial charge in [-0.2, -0.15) is 20.7 Å². The molecule has 0 unspecified atom stereocenters. The fourth-order valence-electron chi connectivity index (χ4n) is 2.40. The summed E-state index contributed by atoms with van der Waals surface area (Å²) in [6.45, 7) is 2.23. The first-order chi connectivity index (χ1) is 10.0. The number of hydrogen-bond acceptors (Lipinski definition) is 5. The van der Waals surface area contributed by atoms with Gasteiger partial charge in [-0.25, -0.2) is 8.42 Å². The molecule has 0 spiro atoms. The van der Waals surface area contributed by atoms with E-state index in [1.54, 1.807) is 22.6 Å². The molecule has 1 aliphatic rings. The largest absolute Gasteiger partial charge is 0.325 e. The molecule has 0 bridgehead atoms. The van der Waals surface area contributed by atoms with E-state index in [-0.39, 0.29) is 17.5 Å². The van der Waals surface area contributed by atoms with Crippen LogP contribution in [-0.2, 0) is 23.1 Å². The second kappa shape index (κ2) is 5.53. The van der Waals surface area contributed by atoms with E-state index in [0.717, 1.165) is 18.4 Å². The van der Waals surface area contributed by atoms with Crippen LogP contribution < -0.4 is 5.73 Å². The average Bonchev–Trinajstić information content (AvgIpc) is 3.00. The van der Waals surface area contributed by atoms with Crippen molar-refractivity contribution in [2.75, 3.05) is 0 Å². The molecule has 2 aromatic heterocycles. The molecule has 3 rings (SSSR count). The molecule has 8 heteroatoms. The second-order valence-electron chi connectivity index (χ2n) is 5.24. The Kier molecular flexibility index (Phi) is 3.87. The van der Waals surface area contributed by atoms with Gasteiger partial charge < -0.3 is 5.73 Å². The Morgan fingerprint density at radius 2 is 2.29 bits per heavy atom. The summed E-state index contributed by atoms with van der Waals surface area (Å²) in [7, 11) is -3.58. The van der Waals surface area contributed by atoms with Crippen molar-refractivity contribution in [3.05, 3.63) is 33.8 Å². The van der Waals surface area contributed by atoms with Crippen LogP contribution in [0.4, 0.5) is 0 Å². The summed E-state index contributed by atoms with van der Waals surface area (Å²) in [5.41, 5.74) is 7.60. The summed E-state index contributed by atoms with van der Waals surface area (Å²) in [6, 6.07) is 2.05. The van der Waals surface area contributed by atoms with Crippen molar-refractivity contribution < 1.29 is 8.42 Å². The number of aromatic amines is 1. The van der Waals surface area contributed by atoms with Crippen LogP contribution in [0.1, 0.15) is 29.8 Å². The third-order valence-electron chi connectivity index (χ3n) is 3.59. The highest BCUT2D eigenvalue weighted by Gasteiger charge is 2.40. The van der Waals surface area contributed by atoms with E-state index in [2.05, 4.69) is 10.2 Å². The van der Waals surface area contributed by atoms with Crippen LogP contribution in [0.3, 0.4) is 0 Å². The maximum atomic E-state index is 13.0. The lowest BCUT2D eigenvalue weighted by Crippen LogP contribution is -2.33. The van der Waals surface area contributed by atoms with Gasteiger partial charge in [0.2, 0.25) is 10.0 Å². The van der Waals surface area contributed by atoms with E-state index in [1.807, 2.05) is 16.8 Å². The van der Waals surface area contributed by atoms with Crippen LogP contribution in [0.25, 0.3) is 0 Å². The molecule has 2 aromatic rings. The van der Waals surface area contributed by atoms with Crippen molar-refractivity contribution in [2.45, 2.75) is 43.8 Å². The molecule has 1 aliphatic carbocycles. The first-order valence-electron chi connectivity index (χ1n) is 6.81. The first kappa shape index (κ1) is 14.7. The van der Waals surface area contributed by atoms with Crippen molar-refractivity contribution in [3.8, 4) is 0 Å². The van der Waals surface area contributed by atoms with Crippen LogP contribution in [0.2, 0.25) is 0 Å². The quantitative estimate of drug-likeness (QED) is 0.843.